The fourth-order valence-electron chi connectivity index (χ4n) is 3.30. The number of piperidine rings is 1. The number of rotatable bonds is 3. The molecule has 1 atom stereocenters. The fourth-order valence-corrected chi connectivity index (χ4v) is 3.48. The van der Waals surface area contributed by atoms with Gasteiger partial charge >= 0.3 is 0 Å². The van der Waals surface area contributed by atoms with Crippen molar-refractivity contribution in [2.75, 3.05) is 18.0 Å². The van der Waals surface area contributed by atoms with E-state index in [0.717, 1.165) is 43.0 Å². The van der Waals surface area contributed by atoms with Gasteiger partial charge < -0.3 is 9.88 Å². The predicted octanol–water partition coefficient (Wildman–Crippen LogP) is 3.78. The molecule has 6 nitrogen and oxygen atoms in total. The van der Waals surface area contributed by atoms with Gasteiger partial charge in [-0.2, -0.15) is 5.26 Å². The minimum Gasteiger partial charge on any atom is -0.355 e. The van der Waals surface area contributed by atoms with Crippen LogP contribution >= 0.6 is 11.6 Å². The van der Waals surface area contributed by atoms with Crippen LogP contribution in [0.1, 0.15) is 30.3 Å². The summed E-state index contributed by atoms with van der Waals surface area (Å²) in [4.78, 5) is 18.6. The molecule has 1 fully saturated rings. The van der Waals surface area contributed by atoms with Crippen LogP contribution in [0.4, 0.5) is 5.82 Å². The lowest BCUT2D eigenvalue weighted by Crippen LogP contribution is -2.35. The highest BCUT2D eigenvalue weighted by atomic mass is 35.5. The Hall–Kier alpha value is -2.91. The van der Waals surface area contributed by atoms with Crippen molar-refractivity contribution >= 4 is 17.4 Å². The highest BCUT2D eigenvalue weighted by Crippen LogP contribution is 2.29. The Morgan fingerprint density at radius 3 is 2.81 bits per heavy atom. The first kappa shape index (κ1) is 16.6. The fraction of sp³-hybridized carbons (Fsp3) is 0.263. The van der Waals surface area contributed by atoms with Gasteiger partial charge in [0.25, 0.3) is 0 Å². The number of anilines is 1. The number of nitriles is 1. The molecule has 3 aromatic rings. The van der Waals surface area contributed by atoms with Crippen molar-refractivity contribution in [1.29, 1.82) is 5.26 Å². The van der Waals surface area contributed by atoms with Gasteiger partial charge in [0.2, 0.25) is 0 Å². The molecule has 1 aliphatic rings. The molecule has 1 N–H and O–H groups in total. The van der Waals surface area contributed by atoms with Gasteiger partial charge in [0.1, 0.15) is 17.7 Å². The van der Waals surface area contributed by atoms with Crippen LogP contribution in [0.2, 0.25) is 5.15 Å². The van der Waals surface area contributed by atoms with E-state index in [1.807, 2.05) is 30.5 Å². The Labute approximate surface area is 156 Å². The van der Waals surface area contributed by atoms with Crippen LogP contribution in [0.5, 0.6) is 0 Å². The SMILES string of the molecule is N#Cc1ncc(N2CCCC(c3ncc(-c4ccccc4)[nH]3)C2)nc1Cl. The van der Waals surface area contributed by atoms with E-state index in [1.165, 1.54) is 0 Å². The van der Waals surface area contributed by atoms with Gasteiger partial charge in [-0.05, 0) is 18.4 Å². The van der Waals surface area contributed by atoms with E-state index in [-0.39, 0.29) is 16.8 Å². The Bertz CT molecular complexity index is 946. The predicted molar refractivity (Wildman–Crippen MR) is 100.0 cm³/mol. The summed E-state index contributed by atoms with van der Waals surface area (Å²) in [7, 11) is 0. The van der Waals surface area contributed by atoms with E-state index in [2.05, 4.69) is 37.0 Å². The van der Waals surface area contributed by atoms with Crippen LogP contribution in [0.25, 0.3) is 11.3 Å². The zero-order valence-corrected chi connectivity index (χ0v) is 14.8. The van der Waals surface area contributed by atoms with Crippen LogP contribution < -0.4 is 4.90 Å². The van der Waals surface area contributed by atoms with Crippen molar-refractivity contribution in [3.8, 4) is 17.3 Å². The van der Waals surface area contributed by atoms with E-state index in [4.69, 9.17) is 16.9 Å². The summed E-state index contributed by atoms with van der Waals surface area (Å²) in [6.45, 7) is 1.68. The summed E-state index contributed by atoms with van der Waals surface area (Å²) in [6, 6.07) is 12.1. The Morgan fingerprint density at radius 1 is 1.19 bits per heavy atom. The molecule has 130 valence electrons. The van der Waals surface area contributed by atoms with Gasteiger partial charge in [0, 0.05) is 19.0 Å². The molecule has 1 saturated heterocycles. The number of halogens is 1. The van der Waals surface area contributed by atoms with Crippen molar-refractivity contribution < 1.29 is 0 Å². The molecule has 0 spiro atoms. The van der Waals surface area contributed by atoms with Crippen molar-refractivity contribution in [1.82, 2.24) is 19.9 Å². The van der Waals surface area contributed by atoms with Crippen molar-refractivity contribution in [3.05, 3.63) is 59.4 Å². The summed E-state index contributed by atoms with van der Waals surface area (Å²) in [6.07, 6.45) is 5.60. The monoisotopic (exact) mass is 364 g/mol. The average Bonchev–Trinajstić information content (AvgIpc) is 3.19. The number of aromatic amines is 1. The van der Waals surface area contributed by atoms with Crippen LogP contribution in [0, 0.1) is 11.3 Å². The third-order valence-electron chi connectivity index (χ3n) is 4.64. The molecule has 0 aliphatic carbocycles. The molecule has 3 heterocycles. The summed E-state index contributed by atoms with van der Waals surface area (Å²) in [5.74, 6) is 1.98. The Balaban J connectivity index is 1.53. The van der Waals surface area contributed by atoms with Gasteiger partial charge in [-0.3, -0.25) is 0 Å². The molecule has 0 saturated carbocycles. The Kier molecular flexibility index (Phi) is 4.55. The van der Waals surface area contributed by atoms with Crippen LogP contribution in [-0.2, 0) is 0 Å². The maximum atomic E-state index is 8.94. The number of nitrogens with zero attached hydrogens (tertiary/aromatic N) is 5. The third kappa shape index (κ3) is 3.26. The molecule has 1 aromatic carbocycles. The third-order valence-corrected chi connectivity index (χ3v) is 4.90. The highest BCUT2D eigenvalue weighted by molar-refractivity contribution is 6.30. The van der Waals surface area contributed by atoms with Crippen LogP contribution in [0.15, 0.2) is 42.7 Å². The van der Waals surface area contributed by atoms with E-state index in [0.29, 0.717) is 5.82 Å². The van der Waals surface area contributed by atoms with Gasteiger partial charge in [-0.1, -0.05) is 41.9 Å². The van der Waals surface area contributed by atoms with E-state index >= 15 is 0 Å². The maximum absolute atomic E-state index is 8.94. The van der Waals surface area contributed by atoms with E-state index in [9.17, 15) is 0 Å². The first-order chi connectivity index (χ1) is 12.7. The maximum Gasteiger partial charge on any atom is 0.178 e. The number of hydrogen-bond acceptors (Lipinski definition) is 5. The highest BCUT2D eigenvalue weighted by Gasteiger charge is 2.25. The summed E-state index contributed by atoms with van der Waals surface area (Å²) >= 11 is 6.03. The van der Waals surface area contributed by atoms with Crippen LogP contribution in [0.3, 0.4) is 0 Å². The average molecular weight is 365 g/mol. The second kappa shape index (κ2) is 7.14. The number of H-pyrrole nitrogens is 1. The second-order valence-electron chi connectivity index (χ2n) is 6.31. The minimum atomic E-state index is 0.150. The normalized spacial score (nSPS) is 17.1. The number of aromatic nitrogens is 4. The Morgan fingerprint density at radius 2 is 2.04 bits per heavy atom. The van der Waals surface area contributed by atoms with Crippen LogP contribution in [-0.4, -0.2) is 33.0 Å². The quantitative estimate of drug-likeness (QED) is 0.764. The molecule has 1 aliphatic heterocycles. The van der Waals surface area contributed by atoms with Crippen molar-refractivity contribution in [2.24, 2.45) is 0 Å². The molecule has 0 amide bonds. The second-order valence-corrected chi connectivity index (χ2v) is 6.67. The number of imidazole rings is 1. The minimum absolute atomic E-state index is 0.150. The van der Waals surface area contributed by atoms with Gasteiger partial charge in [0.05, 0.1) is 18.1 Å². The molecule has 26 heavy (non-hydrogen) atoms. The molecule has 7 heteroatoms. The van der Waals surface area contributed by atoms with Crippen molar-refractivity contribution in [2.45, 2.75) is 18.8 Å². The lowest BCUT2D eigenvalue weighted by Gasteiger charge is -2.32. The first-order valence-electron chi connectivity index (χ1n) is 8.52. The zero-order chi connectivity index (χ0) is 17.9. The van der Waals surface area contributed by atoms with Gasteiger partial charge in [0.15, 0.2) is 10.8 Å². The van der Waals surface area contributed by atoms with E-state index in [1.54, 1.807) is 6.20 Å². The molecular formula is C19H17ClN6. The molecule has 4 rings (SSSR count). The van der Waals surface area contributed by atoms with Gasteiger partial charge in [-0.15, -0.1) is 0 Å². The standard InChI is InChI=1S/C19H17ClN6/c20-18-15(9-21)22-11-17(25-18)26-8-4-7-14(12-26)19-23-10-16(24-19)13-5-2-1-3-6-13/h1-3,5-6,10-11,14H,4,7-8,12H2,(H,23,24). The number of nitrogens with one attached hydrogen (secondary N) is 1. The first-order valence-corrected chi connectivity index (χ1v) is 8.90. The number of benzene rings is 1. The summed E-state index contributed by atoms with van der Waals surface area (Å²) in [5.41, 5.74) is 2.31. The number of hydrogen-bond donors (Lipinski definition) is 1. The lowest BCUT2D eigenvalue weighted by atomic mass is 9.97. The summed E-state index contributed by atoms with van der Waals surface area (Å²) < 4.78 is 0. The topological polar surface area (TPSA) is 81.5 Å². The molecule has 1 unspecified atom stereocenters. The summed E-state index contributed by atoms with van der Waals surface area (Å²) in [5, 5.41) is 9.09. The molecule has 0 radical (unpaired) electrons. The van der Waals surface area contributed by atoms with Crippen molar-refractivity contribution in [3.63, 3.8) is 0 Å². The largest absolute Gasteiger partial charge is 0.355 e. The van der Waals surface area contributed by atoms with E-state index < -0.39 is 0 Å². The van der Waals surface area contributed by atoms with Gasteiger partial charge in [-0.25, -0.2) is 15.0 Å². The molecular weight excluding hydrogens is 348 g/mol. The smallest absolute Gasteiger partial charge is 0.178 e. The zero-order valence-electron chi connectivity index (χ0n) is 14.1. The molecule has 0 bridgehead atoms. The lowest BCUT2D eigenvalue weighted by molar-refractivity contribution is 0.491. The molecule has 2 aromatic heterocycles.